The molecule has 5 rings (SSSR count). The van der Waals surface area contributed by atoms with Gasteiger partial charge in [0.2, 0.25) is 0 Å². The highest BCUT2D eigenvalue weighted by molar-refractivity contribution is 6.29. The standard InChI is InChI=1S/C24H26N4O6/c1-11-9-15-16(10-12(11)2)28(24(34-4)21(27(15)3)25-23(33)26-22(24)32)17-13-7-5-6-8-14(13)18(29)20(31)19(17)30/h5-10,17-20,29-31H,1-4H3,(H,26,32,33). The molecule has 1 aliphatic carbocycles. The van der Waals surface area contributed by atoms with Crippen LogP contribution < -0.4 is 15.1 Å². The Labute approximate surface area is 196 Å². The average molecular weight is 466 g/mol. The summed E-state index contributed by atoms with van der Waals surface area (Å²) in [6, 6.07) is 8.79. The number of aliphatic hydroxyl groups is 3. The number of anilines is 2. The van der Waals surface area contributed by atoms with Gasteiger partial charge >= 0.3 is 6.03 Å². The molecule has 10 nitrogen and oxygen atoms in total. The first kappa shape index (κ1) is 22.5. The second kappa shape index (κ2) is 7.60. The third kappa shape index (κ3) is 2.80. The first-order valence-electron chi connectivity index (χ1n) is 10.9. The number of carbonyl (C=O) groups excluding carboxylic acids is 2. The van der Waals surface area contributed by atoms with Crippen LogP contribution in [0.1, 0.15) is 34.4 Å². The van der Waals surface area contributed by atoms with Gasteiger partial charge in [0.1, 0.15) is 18.3 Å². The topological polar surface area (TPSA) is 135 Å². The smallest absolute Gasteiger partial charge is 0.349 e. The number of urea groups is 1. The number of rotatable bonds is 2. The molecule has 5 atom stereocenters. The second-order valence-electron chi connectivity index (χ2n) is 8.90. The van der Waals surface area contributed by atoms with E-state index in [9.17, 15) is 24.9 Å². The van der Waals surface area contributed by atoms with Crippen LogP contribution in [0.5, 0.6) is 0 Å². The van der Waals surface area contributed by atoms with E-state index in [0.717, 1.165) is 11.1 Å². The van der Waals surface area contributed by atoms with Crippen LogP contribution >= 0.6 is 0 Å². The normalized spacial score (nSPS) is 30.3. The van der Waals surface area contributed by atoms with Gasteiger partial charge in [-0.1, -0.05) is 24.3 Å². The molecule has 0 bridgehead atoms. The Morgan fingerprint density at radius 3 is 2.26 bits per heavy atom. The van der Waals surface area contributed by atoms with Crippen LogP contribution in [0.15, 0.2) is 41.4 Å². The van der Waals surface area contributed by atoms with Crippen molar-refractivity contribution in [2.45, 2.75) is 43.9 Å². The van der Waals surface area contributed by atoms with E-state index < -0.39 is 42.0 Å². The van der Waals surface area contributed by atoms with Crippen molar-refractivity contribution in [2.24, 2.45) is 4.99 Å². The number of aryl methyl sites for hydroxylation is 2. The van der Waals surface area contributed by atoms with Gasteiger partial charge in [0.25, 0.3) is 11.6 Å². The van der Waals surface area contributed by atoms with Gasteiger partial charge in [-0.05, 0) is 48.2 Å². The maximum Gasteiger partial charge on any atom is 0.349 e. The monoisotopic (exact) mass is 466 g/mol. The fourth-order valence-electron chi connectivity index (χ4n) is 5.24. The van der Waals surface area contributed by atoms with E-state index >= 15 is 0 Å². The summed E-state index contributed by atoms with van der Waals surface area (Å²) < 4.78 is 5.87. The van der Waals surface area contributed by atoms with Crippen molar-refractivity contribution >= 4 is 29.1 Å². The van der Waals surface area contributed by atoms with Crippen molar-refractivity contribution in [1.82, 2.24) is 5.32 Å². The number of benzene rings is 2. The SMILES string of the molecule is COC12C(=O)NC(=O)N=C1N(C)c1cc(C)c(C)cc1N2C1c2ccccc2C(O)C(O)C1O. The summed E-state index contributed by atoms with van der Waals surface area (Å²) in [6.45, 7) is 3.86. The van der Waals surface area contributed by atoms with Gasteiger partial charge in [0.15, 0.2) is 5.84 Å². The predicted octanol–water partition coefficient (Wildman–Crippen LogP) is 1.06. The number of amidine groups is 1. The van der Waals surface area contributed by atoms with E-state index in [4.69, 9.17) is 4.74 Å². The van der Waals surface area contributed by atoms with E-state index in [1.165, 1.54) is 7.11 Å². The number of nitrogens with one attached hydrogen (secondary N) is 1. The highest BCUT2D eigenvalue weighted by Crippen LogP contribution is 2.51. The van der Waals surface area contributed by atoms with E-state index in [0.29, 0.717) is 22.5 Å². The molecule has 0 spiro atoms. The van der Waals surface area contributed by atoms with Crippen molar-refractivity contribution in [3.05, 3.63) is 58.7 Å². The molecule has 4 N–H and O–H groups in total. The Morgan fingerprint density at radius 1 is 1.00 bits per heavy atom. The lowest BCUT2D eigenvalue weighted by molar-refractivity contribution is -0.138. The van der Waals surface area contributed by atoms with Crippen molar-refractivity contribution in [1.29, 1.82) is 0 Å². The number of likely N-dealkylation sites (N-methyl/N-ethyl adjacent to an activating group) is 1. The molecule has 0 fully saturated rings. The van der Waals surface area contributed by atoms with Crippen molar-refractivity contribution < 1.29 is 29.6 Å². The Morgan fingerprint density at radius 2 is 1.62 bits per heavy atom. The van der Waals surface area contributed by atoms with Gasteiger partial charge in [-0.2, -0.15) is 4.99 Å². The molecular formula is C24H26N4O6. The molecule has 2 aromatic carbocycles. The lowest BCUT2D eigenvalue weighted by Gasteiger charge is -2.56. The summed E-state index contributed by atoms with van der Waals surface area (Å²) in [4.78, 5) is 33.1. The Kier molecular flexibility index (Phi) is 5.03. The number of hydrogen-bond acceptors (Lipinski definition) is 8. The van der Waals surface area contributed by atoms with Crippen LogP contribution in [0, 0.1) is 13.8 Å². The molecule has 0 saturated heterocycles. The minimum Gasteiger partial charge on any atom is -0.388 e. The molecule has 10 heteroatoms. The van der Waals surface area contributed by atoms with Crippen LogP contribution in [-0.4, -0.2) is 65.2 Å². The number of hydrogen-bond donors (Lipinski definition) is 4. The van der Waals surface area contributed by atoms with E-state index in [1.54, 1.807) is 41.1 Å². The lowest BCUT2D eigenvalue weighted by atomic mass is 9.79. The van der Waals surface area contributed by atoms with Crippen molar-refractivity contribution in [2.75, 3.05) is 24.0 Å². The van der Waals surface area contributed by atoms with E-state index in [1.807, 2.05) is 26.0 Å². The predicted molar refractivity (Wildman–Crippen MR) is 124 cm³/mol. The highest BCUT2D eigenvalue weighted by Gasteiger charge is 2.62. The average Bonchev–Trinajstić information content (AvgIpc) is 2.81. The number of fused-ring (bicyclic) bond motifs is 3. The summed E-state index contributed by atoms with van der Waals surface area (Å²) in [7, 11) is 3.01. The van der Waals surface area contributed by atoms with Crippen LogP contribution in [0.25, 0.3) is 0 Å². The Bertz CT molecular complexity index is 1250. The fourth-order valence-corrected chi connectivity index (χ4v) is 5.24. The molecule has 0 saturated carbocycles. The highest BCUT2D eigenvalue weighted by atomic mass is 16.5. The summed E-state index contributed by atoms with van der Waals surface area (Å²) in [5.74, 6) is -0.740. The molecule has 2 heterocycles. The molecule has 0 aromatic heterocycles. The molecule has 3 aliphatic rings. The van der Waals surface area contributed by atoms with Crippen LogP contribution in [0.2, 0.25) is 0 Å². The number of amides is 3. The third-order valence-corrected chi connectivity index (χ3v) is 7.11. The van der Waals surface area contributed by atoms with Gasteiger partial charge in [-0.3, -0.25) is 10.1 Å². The minimum absolute atomic E-state index is 0.0322. The van der Waals surface area contributed by atoms with Crippen molar-refractivity contribution in [3.63, 3.8) is 0 Å². The third-order valence-electron chi connectivity index (χ3n) is 7.11. The molecule has 2 aromatic rings. The molecule has 5 unspecified atom stereocenters. The van der Waals surface area contributed by atoms with Gasteiger partial charge in [-0.25, -0.2) is 4.79 Å². The van der Waals surface area contributed by atoms with Crippen molar-refractivity contribution in [3.8, 4) is 0 Å². The van der Waals surface area contributed by atoms with E-state index in [-0.39, 0.29) is 5.84 Å². The van der Waals surface area contributed by atoms with E-state index in [2.05, 4.69) is 10.3 Å². The Hall–Kier alpha value is -3.31. The number of methoxy groups -OCH3 is 1. The van der Waals surface area contributed by atoms with Gasteiger partial charge in [-0.15, -0.1) is 0 Å². The first-order valence-corrected chi connectivity index (χ1v) is 10.9. The molecule has 34 heavy (non-hydrogen) atoms. The maximum atomic E-state index is 13.5. The number of nitrogens with zero attached hydrogens (tertiary/aromatic N) is 3. The lowest BCUT2D eigenvalue weighted by Crippen LogP contribution is -2.75. The zero-order chi connectivity index (χ0) is 24.5. The summed E-state index contributed by atoms with van der Waals surface area (Å²) in [6.07, 6.45) is -4.35. The van der Waals surface area contributed by atoms with Gasteiger partial charge in [0, 0.05) is 14.2 Å². The maximum absolute atomic E-state index is 13.5. The number of aliphatic imine (C=N–C) groups is 1. The fraction of sp³-hybridized carbons (Fsp3) is 0.375. The molecule has 2 aliphatic heterocycles. The zero-order valence-electron chi connectivity index (χ0n) is 19.2. The molecular weight excluding hydrogens is 440 g/mol. The number of carbonyl (C=O) groups is 2. The first-order chi connectivity index (χ1) is 16.1. The van der Waals surface area contributed by atoms with Crippen LogP contribution in [0.3, 0.4) is 0 Å². The minimum atomic E-state index is -1.93. The van der Waals surface area contributed by atoms with Gasteiger partial charge in [0.05, 0.1) is 17.4 Å². The largest absolute Gasteiger partial charge is 0.388 e. The van der Waals surface area contributed by atoms with Crippen LogP contribution in [-0.2, 0) is 9.53 Å². The number of aliphatic hydroxyl groups excluding tert-OH is 3. The molecule has 178 valence electrons. The summed E-state index contributed by atoms with van der Waals surface area (Å²) in [5, 5.41) is 35.0. The number of imide groups is 1. The number of ether oxygens (including phenoxy) is 1. The quantitative estimate of drug-likeness (QED) is 0.516. The molecule has 3 amide bonds. The van der Waals surface area contributed by atoms with Crippen LogP contribution in [0.4, 0.5) is 16.2 Å². The summed E-state index contributed by atoms with van der Waals surface area (Å²) in [5.41, 5.74) is 2.09. The summed E-state index contributed by atoms with van der Waals surface area (Å²) >= 11 is 0. The molecule has 0 radical (unpaired) electrons. The Balaban J connectivity index is 1.88. The second-order valence-corrected chi connectivity index (χ2v) is 8.90. The zero-order valence-corrected chi connectivity index (χ0v) is 19.2. The van der Waals surface area contributed by atoms with Gasteiger partial charge < -0.3 is 29.9 Å².